The van der Waals surface area contributed by atoms with Gasteiger partial charge in [-0.1, -0.05) is 25.6 Å². The molecule has 2 aliphatic heterocycles. The number of amidine groups is 1. The lowest BCUT2D eigenvalue weighted by Crippen LogP contribution is -2.28. The largest absolute Gasteiger partial charge is 0.361 e. The minimum absolute atomic E-state index is 0.653. The standard InChI is InChI=1S/C12H22N2S2/c1-9(2)6-10-8-16-12(14-10)13-7-11-4-3-5-15-11/h9-11H,3-8H2,1-2H3,(H,13,14). The minimum atomic E-state index is 0.653. The van der Waals surface area contributed by atoms with Gasteiger partial charge in [-0.25, -0.2) is 0 Å². The first-order valence-electron chi connectivity index (χ1n) is 6.29. The van der Waals surface area contributed by atoms with Crippen LogP contribution in [0.1, 0.15) is 33.1 Å². The summed E-state index contributed by atoms with van der Waals surface area (Å²) in [6.45, 7) is 5.60. The monoisotopic (exact) mass is 258 g/mol. The molecule has 92 valence electrons. The molecule has 1 N–H and O–H groups in total. The molecule has 0 amide bonds. The zero-order chi connectivity index (χ0) is 11.4. The number of hydrogen-bond acceptors (Lipinski definition) is 3. The highest BCUT2D eigenvalue weighted by atomic mass is 32.2. The third kappa shape index (κ3) is 3.88. The predicted molar refractivity (Wildman–Crippen MR) is 76.6 cm³/mol. The Morgan fingerprint density at radius 2 is 2.38 bits per heavy atom. The van der Waals surface area contributed by atoms with Crippen LogP contribution in [0.4, 0.5) is 0 Å². The molecule has 0 radical (unpaired) electrons. The van der Waals surface area contributed by atoms with E-state index >= 15 is 0 Å². The fraction of sp³-hybridized carbons (Fsp3) is 0.917. The van der Waals surface area contributed by atoms with Gasteiger partial charge in [-0.3, -0.25) is 4.99 Å². The summed E-state index contributed by atoms with van der Waals surface area (Å²) in [6.07, 6.45) is 4.02. The maximum atomic E-state index is 4.71. The number of hydrogen-bond donors (Lipinski definition) is 1. The Bertz CT molecular complexity index is 247. The minimum Gasteiger partial charge on any atom is -0.361 e. The first-order chi connectivity index (χ1) is 7.74. The lowest BCUT2D eigenvalue weighted by molar-refractivity contribution is 0.502. The molecule has 2 rings (SSSR count). The molecule has 0 aromatic rings. The van der Waals surface area contributed by atoms with Crippen LogP contribution in [0, 0.1) is 5.92 Å². The SMILES string of the molecule is CC(C)CC1CSC(=NCC2CCCS2)N1. The van der Waals surface area contributed by atoms with Crippen molar-refractivity contribution in [2.24, 2.45) is 10.9 Å². The van der Waals surface area contributed by atoms with E-state index < -0.39 is 0 Å². The predicted octanol–water partition coefficient (Wildman–Crippen LogP) is 2.99. The maximum Gasteiger partial charge on any atom is 0.156 e. The van der Waals surface area contributed by atoms with Crippen LogP contribution in [0.15, 0.2) is 4.99 Å². The van der Waals surface area contributed by atoms with E-state index in [4.69, 9.17) is 4.99 Å². The van der Waals surface area contributed by atoms with Crippen molar-refractivity contribution >= 4 is 28.7 Å². The van der Waals surface area contributed by atoms with Crippen LogP contribution in [-0.4, -0.2) is 34.5 Å². The number of aliphatic imine (C=N–C) groups is 1. The smallest absolute Gasteiger partial charge is 0.156 e. The van der Waals surface area contributed by atoms with Crippen molar-refractivity contribution in [3.8, 4) is 0 Å². The lowest BCUT2D eigenvalue weighted by atomic mass is 10.1. The third-order valence-corrected chi connectivity index (χ3v) is 5.44. The molecule has 2 nitrogen and oxygen atoms in total. The zero-order valence-corrected chi connectivity index (χ0v) is 11.9. The molecule has 2 heterocycles. The van der Waals surface area contributed by atoms with Crippen molar-refractivity contribution in [1.29, 1.82) is 0 Å². The van der Waals surface area contributed by atoms with Crippen molar-refractivity contribution in [3.05, 3.63) is 0 Å². The molecule has 0 spiro atoms. The van der Waals surface area contributed by atoms with Crippen LogP contribution in [0.3, 0.4) is 0 Å². The number of nitrogens with zero attached hydrogens (tertiary/aromatic N) is 1. The summed E-state index contributed by atoms with van der Waals surface area (Å²) >= 11 is 4.00. The Morgan fingerprint density at radius 1 is 1.50 bits per heavy atom. The quantitative estimate of drug-likeness (QED) is 0.839. The van der Waals surface area contributed by atoms with Gasteiger partial charge in [0.25, 0.3) is 0 Å². The molecule has 0 aromatic heterocycles. The molecule has 16 heavy (non-hydrogen) atoms. The van der Waals surface area contributed by atoms with E-state index in [9.17, 15) is 0 Å². The van der Waals surface area contributed by atoms with E-state index in [-0.39, 0.29) is 0 Å². The molecule has 2 atom stereocenters. The van der Waals surface area contributed by atoms with Gasteiger partial charge in [0.1, 0.15) is 0 Å². The fourth-order valence-corrected chi connectivity index (χ4v) is 4.37. The van der Waals surface area contributed by atoms with Gasteiger partial charge >= 0.3 is 0 Å². The first kappa shape index (κ1) is 12.6. The summed E-state index contributed by atoms with van der Waals surface area (Å²) in [5.74, 6) is 3.32. The van der Waals surface area contributed by atoms with Gasteiger partial charge in [0, 0.05) is 17.0 Å². The van der Waals surface area contributed by atoms with E-state index in [0.29, 0.717) is 6.04 Å². The number of rotatable bonds is 4. The van der Waals surface area contributed by atoms with E-state index in [2.05, 4.69) is 30.9 Å². The zero-order valence-electron chi connectivity index (χ0n) is 10.2. The average molecular weight is 258 g/mol. The van der Waals surface area contributed by atoms with Crippen LogP contribution in [0.2, 0.25) is 0 Å². The fourth-order valence-electron chi connectivity index (χ4n) is 2.20. The van der Waals surface area contributed by atoms with Gasteiger partial charge in [-0.15, -0.1) is 0 Å². The van der Waals surface area contributed by atoms with E-state index in [1.807, 2.05) is 11.8 Å². The third-order valence-electron chi connectivity index (χ3n) is 2.97. The van der Waals surface area contributed by atoms with Crippen LogP contribution in [-0.2, 0) is 0 Å². The molecular weight excluding hydrogens is 236 g/mol. The molecule has 2 saturated heterocycles. The van der Waals surface area contributed by atoms with Gasteiger partial charge in [0.2, 0.25) is 0 Å². The number of nitrogens with one attached hydrogen (secondary N) is 1. The number of thioether (sulfide) groups is 2. The highest BCUT2D eigenvalue weighted by molar-refractivity contribution is 8.14. The topological polar surface area (TPSA) is 24.4 Å². The van der Waals surface area contributed by atoms with E-state index in [0.717, 1.165) is 17.7 Å². The highest BCUT2D eigenvalue weighted by Crippen LogP contribution is 2.27. The molecule has 2 aliphatic rings. The van der Waals surface area contributed by atoms with Crippen LogP contribution in [0.5, 0.6) is 0 Å². The van der Waals surface area contributed by atoms with Crippen molar-refractivity contribution in [1.82, 2.24) is 5.32 Å². The molecular formula is C12H22N2S2. The van der Waals surface area contributed by atoms with Crippen molar-refractivity contribution < 1.29 is 0 Å². The Balaban J connectivity index is 1.72. The summed E-state index contributed by atoms with van der Waals surface area (Å²) in [5, 5.41) is 5.53. The molecule has 2 fully saturated rings. The Hall–Kier alpha value is 0.170. The van der Waals surface area contributed by atoms with Crippen LogP contribution < -0.4 is 5.32 Å². The van der Waals surface area contributed by atoms with Gasteiger partial charge in [0.05, 0.1) is 6.54 Å². The lowest BCUT2D eigenvalue weighted by Gasteiger charge is -2.12. The molecule has 2 unspecified atom stereocenters. The van der Waals surface area contributed by atoms with Crippen molar-refractivity contribution in [2.75, 3.05) is 18.1 Å². The second-order valence-electron chi connectivity index (χ2n) is 5.06. The van der Waals surface area contributed by atoms with Crippen LogP contribution in [0.25, 0.3) is 0 Å². The average Bonchev–Trinajstić information content (AvgIpc) is 2.84. The van der Waals surface area contributed by atoms with Gasteiger partial charge < -0.3 is 5.32 Å². The van der Waals surface area contributed by atoms with Crippen molar-refractivity contribution in [3.63, 3.8) is 0 Å². The highest BCUT2D eigenvalue weighted by Gasteiger charge is 2.21. The van der Waals surface area contributed by atoms with Gasteiger partial charge in [0.15, 0.2) is 5.17 Å². The molecule has 0 saturated carbocycles. The first-order valence-corrected chi connectivity index (χ1v) is 8.33. The second kappa shape index (κ2) is 6.20. The maximum absolute atomic E-state index is 4.71. The molecule has 4 heteroatoms. The second-order valence-corrected chi connectivity index (χ2v) is 7.48. The van der Waals surface area contributed by atoms with Gasteiger partial charge in [-0.05, 0) is 30.9 Å². The van der Waals surface area contributed by atoms with Crippen molar-refractivity contribution in [2.45, 2.75) is 44.4 Å². The molecule has 0 aliphatic carbocycles. The van der Waals surface area contributed by atoms with E-state index in [1.54, 1.807) is 0 Å². The normalized spacial score (nSPS) is 32.6. The summed E-state index contributed by atoms with van der Waals surface area (Å²) in [4.78, 5) is 4.71. The summed E-state index contributed by atoms with van der Waals surface area (Å²) < 4.78 is 0. The molecule has 0 aromatic carbocycles. The Labute approximate surface area is 107 Å². The summed E-state index contributed by atoms with van der Waals surface area (Å²) in [5.41, 5.74) is 0. The Morgan fingerprint density at radius 3 is 3.06 bits per heavy atom. The summed E-state index contributed by atoms with van der Waals surface area (Å²) in [6, 6.07) is 0.653. The molecule has 0 bridgehead atoms. The Kier molecular flexibility index (Phi) is 4.89. The summed E-state index contributed by atoms with van der Waals surface area (Å²) in [7, 11) is 0. The van der Waals surface area contributed by atoms with E-state index in [1.165, 1.54) is 35.9 Å². The van der Waals surface area contributed by atoms with Crippen LogP contribution >= 0.6 is 23.5 Å². The van der Waals surface area contributed by atoms with Gasteiger partial charge in [-0.2, -0.15) is 11.8 Å².